The van der Waals surface area contributed by atoms with E-state index >= 15 is 0 Å². The maximum Gasteiger partial charge on any atom is 0.410 e. The molecule has 0 bridgehead atoms. The van der Waals surface area contributed by atoms with E-state index in [2.05, 4.69) is 13.0 Å². The summed E-state index contributed by atoms with van der Waals surface area (Å²) >= 11 is 1.78. The van der Waals surface area contributed by atoms with Crippen LogP contribution >= 0.6 is 11.3 Å². The Balaban J connectivity index is 2.05. The summed E-state index contributed by atoms with van der Waals surface area (Å²) in [4.78, 5) is 16.4. The van der Waals surface area contributed by atoms with Crippen molar-refractivity contribution in [3.8, 4) is 0 Å². The van der Waals surface area contributed by atoms with Crippen LogP contribution in [-0.2, 0) is 17.7 Å². The van der Waals surface area contributed by atoms with Crippen LogP contribution in [0.2, 0.25) is 0 Å². The number of thiophene rings is 1. The van der Waals surface area contributed by atoms with Gasteiger partial charge in [0.25, 0.3) is 0 Å². The topological polar surface area (TPSA) is 29.5 Å². The number of nitrogens with zero attached hydrogens (tertiary/aromatic N) is 1. The first-order chi connectivity index (χ1) is 7.85. The molecule has 0 spiro atoms. The number of ether oxygens (including phenoxy) is 1. The van der Waals surface area contributed by atoms with Gasteiger partial charge in [-0.3, -0.25) is 0 Å². The summed E-state index contributed by atoms with van der Waals surface area (Å²) in [5.74, 6) is 0. The van der Waals surface area contributed by atoms with Crippen LogP contribution in [0.4, 0.5) is 4.79 Å². The number of carbonyl (C=O) groups is 1. The monoisotopic (exact) mass is 253 g/mol. The Hall–Kier alpha value is -1.03. The van der Waals surface area contributed by atoms with Crippen LogP contribution in [0.3, 0.4) is 0 Å². The third kappa shape index (κ3) is 3.00. The Labute approximate surface area is 106 Å². The third-order valence-corrected chi connectivity index (χ3v) is 3.73. The third-order valence-electron chi connectivity index (χ3n) is 2.66. The summed E-state index contributed by atoms with van der Waals surface area (Å²) in [6, 6.07) is 2.23. The zero-order valence-electron chi connectivity index (χ0n) is 10.9. The quantitative estimate of drug-likeness (QED) is 0.709. The first-order valence-corrected chi connectivity index (χ1v) is 6.73. The molecule has 0 atom stereocenters. The molecule has 0 aromatic carbocycles. The first kappa shape index (κ1) is 12.4. The lowest BCUT2D eigenvalue weighted by Crippen LogP contribution is -2.39. The van der Waals surface area contributed by atoms with E-state index in [1.54, 1.807) is 16.2 Å². The van der Waals surface area contributed by atoms with Crippen molar-refractivity contribution in [1.29, 1.82) is 0 Å². The molecular formula is C13H19NO2S. The van der Waals surface area contributed by atoms with Gasteiger partial charge in [-0.05, 0) is 45.7 Å². The summed E-state index contributed by atoms with van der Waals surface area (Å²) < 4.78 is 5.39. The fourth-order valence-corrected chi connectivity index (χ4v) is 3.05. The van der Waals surface area contributed by atoms with Gasteiger partial charge in [-0.25, -0.2) is 4.79 Å². The van der Waals surface area contributed by atoms with Gasteiger partial charge in [-0.2, -0.15) is 0 Å². The summed E-state index contributed by atoms with van der Waals surface area (Å²) in [5, 5.41) is 0. The van der Waals surface area contributed by atoms with E-state index in [1.807, 2.05) is 20.8 Å². The van der Waals surface area contributed by atoms with Crippen LogP contribution in [0, 0.1) is 6.92 Å². The Morgan fingerprint density at radius 1 is 1.47 bits per heavy atom. The second-order valence-corrected chi connectivity index (χ2v) is 6.80. The Morgan fingerprint density at radius 3 is 2.82 bits per heavy atom. The number of hydrogen-bond acceptors (Lipinski definition) is 3. The molecule has 1 aliphatic heterocycles. The van der Waals surface area contributed by atoms with E-state index < -0.39 is 5.60 Å². The second-order valence-electron chi connectivity index (χ2n) is 5.46. The molecule has 94 valence electrons. The molecule has 17 heavy (non-hydrogen) atoms. The van der Waals surface area contributed by atoms with E-state index in [4.69, 9.17) is 4.74 Å². The highest BCUT2D eigenvalue weighted by atomic mass is 32.1. The minimum absolute atomic E-state index is 0.200. The molecule has 0 saturated heterocycles. The maximum absolute atomic E-state index is 11.9. The van der Waals surface area contributed by atoms with Crippen molar-refractivity contribution in [2.24, 2.45) is 0 Å². The largest absolute Gasteiger partial charge is 0.444 e. The normalized spacial score (nSPS) is 15.6. The first-order valence-electron chi connectivity index (χ1n) is 5.91. The Bertz CT molecular complexity index is 431. The fourth-order valence-electron chi connectivity index (χ4n) is 1.95. The number of rotatable bonds is 0. The molecule has 0 fully saturated rings. The second kappa shape index (κ2) is 4.33. The molecular weight excluding hydrogens is 234 g/mol. The molecule has 0 unspecified atom stereocenters. The molecule has 1 amide bonds. The van der Waals surface area contributed by atoms with E-state index in [0.29, 0.717) is 6.54 Å². The minimum Gasteiger partial charge on any atom is -0.444 e. The van der Waals surface area contributed by atoms with E-state index in [1.165, 1.54) is 15.3 Å². The Morgan fingerprint density at radius 2 is 2.18 bits per heavy atom. The predicted molar refractivity (Wildman–Crippen MR) is 69.4 cm³/mol. The molecule has 1 aromatic heterocycles. The molecule has 0 radical (unpaired) electrons. The predicted octanol–water partition coefficient (Wildman–Crippen LogP) is 3.35. The molecule has 0 aliphatic carbocycles. The number of fused-ring (bicyclic) bond motifs is 1. The van der Waals surface area contributed by atoms with Crippen molar-refractivity contribution in [2.75, 3.05) is 6.54 Å². The highest BCUT2D eigenvalue weighted by Gasteiger charge is 2.26. The van der Waals surface area contributed by atoms with Crippen molar-refractivity contribution < 1.29 is 9.53 Å². The number of hydrogen-bond donors (Lipinski definition) is 0. The summed E-state index contributed by atoms with van der Waals surface area (Å²) in [6.45, 7) is 9.27. The molecule has 2 rings (SSSR count). The van der Waals surface area contributed by atoms with Crippen molar-refractivity contribution in [3.63, 3.8) is 0 Å². The van der Waals surface area contributed by atoms with Crippen LogP contribution in [-0.4, -0.2) is 23.1 Å². The minimum atomic E-state index is -0.414. The van der Waals surface area contributed by atoms with E-state index in [0.717, 1.165) is 13.0 Å². The lowest BCUT2D eigenvalue weighted by Gasteiger charge is -2.29. The van der Waals surface area contributed by atoms with Crippen LogP contribution in [0.15, 0.2) is 6.07 Å². The standard InChI is InChI=1S/C13H19NO2S/c1-9-7-10-5-6-14(8-11(10)17-9)12(15)16-13(2,3)4/h7H,5-6,8H2,1-4H3. The lowest BCUT2D eigenvalue weighted by molar-refractivity contribution is 0.0226. The molecule has 1 aliphatic rings. The smallest absolute Gasteiger partial charge is 0.410 e. The average molecular weight is 253 g/mol. The maximum atomic E-state index is 11.9. The summed E-state index contributed by atoms with van der Waals surface area (Å²) in [5.41, 5.74) is 0.982. The molecule has 0 saturated carbocycles. The zero-order valence-corrected chi connectivity index (χ0v) is 11.7. The lowest BCUT2D eigenvalue weighted by atomic mass is 10.1. The Kier molecular flexibility index (Phi) is 3.17. The van der Waals surface area contributed by atoms with Crippen molar-refractivity contribution in [1.82, 2.24) is 4.90 Å². The number of carbonyl (C=O) groups excluding carboxylic acids is 1. The highest BCUT2D eigenvalue weighted by Crippen LogP contribution is 2.28. The molecule has 4 heteroatoms. The van der Waals surface area contributed by atoms with Crippen molar-refractivity contribution >= 4 is 17.4 Å². The summed E-state index contributed by atoms with van der Waals surface area (Å²) in [6.07, 6.45) is 0.744. The molecule has 0 N–H and O–H groups in total. The fraction of sp³-hybridized carbons (Fsp3) is 0.615. The van der Waals surface area contributed by atoms with Crippen LogP contribution in [0.25, 0.3) is 0 Å². The van der Waals surface area contributed by atoms with Gasteiger partial charge in [-0.1, -0.05) is 0 Å². The van der Waals surface area contributed by atoms with Crippen molar-refractivity contribution in [3.05, 3.63) is 21.4 Å². The summed E-state index contributed by atoms with van der Waals surface area (Å²) in [7, 11) is 0. The van der Waals surface area contributed by atoms with Gasteiger partial charge in [-0.15, -0.1) is 11.3 Å². The van der Waals surface area contributed by atoms with Gasteiger partial charge in [0, 0.05) is 16.3 Å². The van der Waals surface area contributed by atoms with Gasteiger partial charge in [0.2, 0.25) is 0 Å². The number of amides is 1. The van der Waals surface area contributed by atoms with E-state index in [-0.39, 0.29) is 6.09 Å². The molecule has 1 aromatic rings. The SMILES string of the molecule is Cc1cc2c(s1)CN(C(=O)OC(C)(C)C)CC2. The highest BCUT2D eigenvalue weighted by molar-refractivity contribution is 7.12. The van der Waals surface area contributed by atoms with Gasteiger partial charge < -0.3 is 9.64 Å². The van der Waals surface area contributed by atoms with Crippen molar-refractivity contribution in [2.45, 2.75) is 46.3 Å². The average Bonchev–Trinajstić information content (AvgIpc) is 2.53. The van der Waals surface area contributed by atoms with Gasteiger partial charge >= 0.3 is 6.09 Å². The zero-order chi connectivity index (χ0) is 12.6. The van der Waals surface area contributed by atoms with Crippen LogP contribution in [0.1, 0.15) is 36.1 Å². The number of aryl methyl sites for hydroxylation is 1. The van der Waals surface area contributed by atoms with Crippen LogP contribution in [0.5, 0.6) is 0 Å². The van der Waals surface area contributed by atoms with Gasteiger partial charge in [0.1, 0.15) is 5.60 Å². The van der Waals surface area contributed by atoms with Crippen LogP contribution < -0.4 is 0 Å². The molecule has 3 nitrogen and oxygen atoms in total. The van der Waals surface area contributed by atoms with Gasteiger partial charge in [0.05, 0.1) is 6.54 Å². The molecule has 2 heterocycles. The van der Waals surface area contributed by atoms with E-state index in [9.17, 15) is 4.79 Å². The van der Waals surface area contributed by atoms with Gasteiger partial charge in [0.15, 0.2) is 0 Å².